The number of benzene rings is 1. The van der Waals surface area contributed by atoms with Crippen molar-refractivity contribution >= 4 is 11.7 Å². The van der Waals surface area contributed by atoms with Gasteiger partial charge >= 0.3 is 5.97 Å². The zero-order valence-electron chi connectivity index (χ0n) is 12.6. The summed E-state index contributed by atoms with van der Waals surface area (Å²) in [5.74, 6) is 0.433. The third-order valence-corrected chi connectivity index (χ3v) is 2.83. The smallest absolute Gasteiger partial charge is 0.333 e. The average Bonchev–Trinajstić information content (AvgIpc) is 2.46. The summed E-state index contributed by atoms with van der Waals surface area (Å²) in [6, 6.07) is 7.35. The summed E-state index contributed by atoms with van der Waals surface area (Å²) < 4.78 is 15.6. The highest BCUT2D eigenvalue weighted by molar-refractivity contribution is 5.84. The number of carbonyl (C=O) groups excluding carboxylic acids is 1. The normalized spacial score (nSPS) is 13.4. The van der Waals surface area contributed by atoms with Crippen molar-refractivity contribution in [3.8, 4) is 5.75 Å². The van der Waals surface area contributed by atoms with Gasteiger partial charge in [-0.1, -0.05) is 0 Å². The standard InChI is InChI=1S/C15H23NO4/c1-5-19-11-15(3,14(17)20-6-2)16-12-7-9-13(18-4)10-8-12/h7-10,16H,5-6,11H2,1-4H3. The molecule has 1 aromatic rings. The molecule has 112 valence electrons. The molecule has 1 aromatic carbocycles. The Kier molecular flexibility index (Phi) is 6.31. The molecule has 0 aliphatic heterocycles. The Labute approximate surface area is 120 Å². The average molecular weight is 281 g/mol. The Morgan fingerprint density at radius 3 is 2.35 bits per heavy atom. The predicted molar refractivity (Wildman–Crippen MR) is 78.1 cm³/mol. The van der Waals surface area contributed by atoms with Crippen LogP contribution in [0.1, 0.15) is 20.8 Å². The molecule has 0 aliphatic carbocycles. The second kappa shape index (κ2) is 7.75. The van der Waals surface area contributed by atoms with Gasteiger partial charge in [0.2, 0.25) is 0 Å². The lowest BCUT2D eigenvalue weighted by Gasteiger charge is -2.29. The topological polar surface area (TPSA) is 56.8 Å². The second-order valence-corrected chi connectivity index (χ2v) is 4.54. The van der Waals surface area contributed by atoms with Crippen LogP contribution >= 0.6 is 0 Å². The van der Waals surface area contributed by atoms with Crippen LogP contribution in [0.3, 0.4) is 0 Å². The molecule has 1 N–H and O–H groups in total. The van der Waals surface area contributed by atoms with Crippen molar-refractivity contribution in [2.75, 3.05) is 32.2 Å². The van der Waals surface area contributed by atoms with Crippen LogP contribution in [0.25, 0.3) is 0 Å². The van der Waals surface area contributed by atoms with Crippen molar-refractivity contribution < 1.29 is 19.0 Å². The minimum absolute atomic E-state index is 0.244. The number of rotatable bonds is 8. The zero-order valence-corrected chi connectivity index (χ0v) is 12.6. The van der Waals surface area contributed by atoms with Gasteiger partial charge in [-0.25, -0.2) is 4.79 Å². The van der Waals surface area contributed by atoms with Crippen molar-refractivity contribution in [1.82, 2.24) is 0 Å². The molecular weight excluding hydrogens is 258 g/mol. The Morgan fingerprint density at radius 1 is 1.20 bits per heavy atom. The first-order valence-electron chi connectivity index (χ1n) is 6.73. The molecule has 0 saturated carbocycles. The fourth-order valence-corrected chi connectivity index (χ4v) is 1.74. The van der Waals surface area contributed by atoms with Crippen LogP contribution in [0.2, 0.25) is 0 Å². The lowest BCUT2D eigenvalue weighted by atomic mass is 10.0. The van der Waals surface area contributed by atoms with E-state index in [2.05, 4.69) is 5.32 Å². The van der Waals surface area contributed by atoms with Crippen LogP contribution < -0.4 is 10.1 Å². The molecule has 1 rings (SSSR count). The summed E-state index contributed by atoms with van der Waals surface area (Å²) in [7, 11) is 1.61. The van der Waals surface area contributed by atoms with Gasteiger partial charge in [-0.05, 0) is 45.0 Å². The van der Waals surface area contributed by atoms with E-state index >= 15 is 0 Å². The third kappa shape index (κ3) is 4.42. The van der Waals surface area contributed by atoms with Crippen LogP contribution in [0, 0.1) is 0 Å². The first kappa shape index (κ1) is 16.3. The summed E-state index contributed by atoms with van der Waals surface area (Å²) in [4.78, 5) is 12.1. The number of methoxy groups -OCH3 is 1. The Bertz CT molecular complexity index is 418. The van der Waals surface area contributed by atoms with Crippen molar-refractivity contribution in [1.29, 1.82) is 0 Å². The van der Waals surface area contributed by atoms with E-state index in [1.54, 1.807) is 21.0 Å². The molecule has 5 nitrogen and oxygen atoms in total. The number of anilines is 1. The molecule has 1 atom stereocenters. The first-order valence-corrected chi connectivity index (χ1v) is 6.73. The SMILES string of the molecule is CCOCC(C)(Nc1ccc(OC)cc1)C(=O)OCC. The first-order chi connectivity index (χ1) is 9.55. The highest BCUT2D eigenvalue weighted by Gasteiger charge is 2.35. The van der Waals surface area contributed by atoms with Gasteiger partial charge in [0.05, 0.1) is 20.3 Å². The second-order valence-electron chi connectivity index (χ2n) is 4.54. The molecule has 0 amide bonds. The molecule has 1 unspecified atom stereocenters. The van der Waals surface area contributed by atoms with Gasteiger partial charge in [-0.2, -0.15) is 0 Å². The van der Waals surface area contributed by atoms with Crippen LogP contribution in [0.15, 0.2) is 24.3 Å². The summed E-state index contributed by atoms with van der Waals surface area (Å²) in [5, 5.41) is 3.17. The predicted octanol–water partition coefficient (Wildman–Crippen LogP) is 2.47. The van der Waals surface area contributed by atoms with E-state index in [-0.39, 0.29) is 12.6 Å². The van der Waals surface area contributed by atoms with Crippen molar-refractivity contribution in [3.05, 3.63) is 24.3 Å². The number of nitrogens with one attached hydrogen (secondary N) is 1. The van der Waals surface area contributed by atoms with Gasteiger partial charge in [0.15, 0.2) is 5.54 Å². The molecule has 0 aliphatic rings. The molecule has 0 radical (unpaired) electrons. The molecule has 0 aromatic heterocycles. The maximum absolute atomic E-state index is 12.1. The number of hydrogen-bond donors (Lipinski definition) is 1. The fraction of sp³-hybridized carbons (Fsp3) is 0.533. The summed E-state index contributed by atoms with van der Waals surface area (Å²) in [6.45, 7) is 6.56. The highest BCUT2D eigenvalue weighted by Crippen LogP contribution is 2.20. The van der Waals surface area contributed by atoms with E-state index < -0.39 is 5.54 Å². The van der Waals surface area contributed by atoms with Gasteiger partial charge < -0.3 is 19.5 Å². The van der Waals surface area contributed by atoms with E-state index in [1.807, 2.05) is 31.2 Å². The Morgan fingerprint density at radius 2 is 1.85 bits per heavy atom. The molecule has 20 heavy (non-hydrogen) atoms. The summed E-state index contributed by atoms with van der Waals surface area (Å²) in [6.07, 6.45) is 0. The third-order valence-electron chi connectivity index (χ3n) is 2.83. The number of ether oxygens (including phenoxy) is 3. The molecule has 0 spiro atoms. The monoisotopic (exact) mass is 281 g/mol. The van der Waals surface area contributed by atoms with Crippen molar-refractivity contribution in [2.24, 2.45) is 0 Å². The summed E-state index contributed by atoms with van der Waals surface area (Å²) in [5.41, 5.74) is -0.110. The molecular formula is C15H23NO4. The van der Waals surface area contributed by atoms with Gasteiger partial charge in [-0.15, -0.1) is 0 Å². The Hall–Kier alpha value is -1.75. The summed E-state index contributed by atoms with van der Waals surface area (Å²) >= 11 is 0. The fourth-order valence-electron chi connectivity index (χ4n) is 1.74. The van der Waals surface area contributed by atoms with Gasteiger partial charge in [0.25, 0.3) is 0 Å². The minimum atomic E-state index is -0.916. The van der Waals surface area contributed by atoms with Crippen molar-refractivity contribution in [3.63, 3.8) is 0 Å². The molecule has 0 fully saturated rings. The molecule has 0 saturated heterocycles. The van der Waals surface area contributed by atoms with Crippen molar-refractivity contribution in [2.45, 2.75) is 26.3 Å². The van der Waals surface area contributed by atoms with E-state index in [0.717, 1.165) is 11.4 Å². The van der Waals surface area contributed by atoms with Gasteiger partial charge in [0, 0.05) is 12.3 Å². The maximum Gasteiger partial charge on any atom is 0.333 e. The quantitative estimate of drug-likeness (QED) is 0.742. The number of esters is 1. The lowest BCUT2D eigenvalue weighted by Crippen LogP contribution is -2.48. The van der Waals surface area contributed by atoms with Crippen LogP contribution in [0.5, 0.6) is 5.75 Å². The lowest BCUT2D eigenvalue weighted by molar-refractivity contribution is -0.150. The van der Waals surface area contributed by atoms with Crippen LogP contribution in [0.4, 0.5) is 5.69 Å². The van der Waals surface area contributed by atoms with Gasteiger partial charge in [-0.3, -0.25) is 0 Å². The number of carbonyl (C=O) groups is 1. The van der Waals surface area contributed by atoms with Gasteiger partial charge in [0.1, 0.15) is 5.75 Å². The minimum Gasteiger partial charge on any atom is -0.497 e. The number of hydrogen-bond acceptors (Lipinski definition) is 5. The molecule has 0 heterocycles. The van der Waals surface area contributed by atoms with Crippen LogP contribution in [-0.2, 0) is 14.3 Å². The zero-order chi connectivity index (χ0) is 15.0. The van der Waals surface area contributed by atoms with E-state index in [0.29, 0.717) is 13.2 Å². The van der Waals surface area contributed by atoms with E-state index in [1.165, 1.54) is 0 Å². The molecule has 0 bridgehead atoms. The Balaban J connectivity index is 2.84. The largest absolute Gasteiger partial charge is 0.497 e. The maximum atomic E-state index is 12.1. The van der Waals surface area contributed by atoms with Crippen LogP contribution in [-0.4, -0.2) is 38.4 Å². The van der Waals surface area contributed by atoms with E-state index in [9.17, 15) is 4.79 Å². The highest BCUT2D eigenvalue weighted by atomic mass is 16.5. The molecule has 5 heteroatoms. The van der Waals surface area contributed by atoms with E-state index in [4.69, 9.17) is 14.2 Å².